The van der Waals surface area contributed by atoms with E-state index in [-0.39, 0.29) is 43.3 Å². The maximum Gasteiger partial charge on any atom is 0.408 e. The summed E-state index contributed by atoms with van der Waals surface area (Å²) in [5, 5.41) is 8.43. The number of hydrogen-bond acceptors (Lipinski definition) is 8. The number of amides is 3. The van der Waals surface area contributed by atoms with Crippen LogP contribution in [0.2, 0.25) is 0 Å². The number of esters is 1. The molecular weight excluding hydrogens is 672 g/mol. The number of nitrogens with one attached hydrogen (secondary N) is 3. The van der Waals surface area contributed by atoms with Gasteiger partial charge in [0, 0.05) is 22.5 Å². The van der Waals surface area contributed by atoms with Crippen molar-refractivity contribution in [1.29, 1.82) is 0 Å². The monoisotopic (exact) mass is 716 g/mol. The molecule has 0 unspecified atom stereocenters. The van der Waals surface area contributed by atoms with Crippen molar-refractivity contribution in [3.8, 4) is 22.8 Å². The average Bonchev–Trinajstić information content (AvgIpc) is 3.66. The van der Waals surface area contributed by atoms with Crippen LogP contribution in [-0.4, -0.2) is 34.9 Å². The van der Waals surface area contributed by atoms with Crippen LogP contribution in [0.5, 0.6) is 0 Å². The number of anilines is 2. The molecule has 0 aliphatic carbocycles. The SMILES string of the molecule is CC(C)[C@H](CC(=O)OCc1ccccc1)C(=O)Nc1ccc(-c2ncc(-c3ccc(NC(=O)[C@@H](NC(=O)OCc4ccccc4)C(C)C)cc3)o2)cc1. The maximum absolute atomic E-state index is 13.1. The minimum absolute atomic E-state index is 0.0253. The van der Waals surface area contributed by atoms with E-state index in [2.05, 4.69) is 20.9 Å². The van der Waals surface area contributed by atoms with E-state index in [1.165, 1.54) is 0 Å². The summed E-state index contributed by atoms with van der Waals surface area (Å²) in [5.74, 6) is -0.970. The summed E-state index contributed by atoms with van der Waals surface area (Å²) in [5.41, 5.74) is 4.30. The predicted molar refractivity (Wildman–Crippen MR) is 202 cm³/mol. The van der Waals surface area contributed by atoms with Gasteiger partial charge in [-0.15, -0.1) is 0 Å². The molecule has 3 N–H and O–H groups in total. The average molecular weight is 717 g/mol. The lowest BCUT2D eigenvalue weighted by atomic mass is 9.91. The summed E-state index contributed by atoms with van der Waals surface area (Å²) >= 11 is 0. The highest BCUT2D eigenvalue weighted by Crippen LogP contribution is 2.28. The van der Waals surface area contributed by atoms with Crippen molar-refractivity contribution in [3.63, 3.8) is 0 Å². The van der Waals surface area contributed by atoms with E-state index in [9.17, 15) is 19.2 Å². The molecule has 3 amide bonds. The van der Waals surface area contributed by atoms with Gasteiger partial charge in [-0.05, 0) is 71.5 Å². The van der Waals surface area contributed by atoms with Crippen molar-refractivity contribution in [3.05, 3.63) is 127 Å². The van der Waals surface area contributed by atoms with Crippen LogP contribution in [0.15, 0.2) is 120 Å². The number of alkyl carbamates (subject to hydrolysis) is 1. The van der Waals surface area contributed by atoms with Crippen molar-refractivity contribution in [2.24, 2.45) is 17.8 Å². The van der Waals surface area contributed by atoms with Gasteiger partial charge in [0.1, 0.15) is 19.3 Å². The fourth-order valence-electron chi connectivity index (χ4n) is 5.44. The van der Waals surface area contributed by atoms with Crippen molar-refractivity contribution < 1.29 is 33.1 Å². The topological polar surface area (TPSA) is 149 Å². The summed E-state index contributed by atoms with van der Waals surface area (Å²) in [4.78, 5) is 55.6. The van der Waals surface area contributed by atoms with E-state index in [1.807, 2.05) is 88.4 Å². The molecule has 0 spiro atoms. The van der Waals surface area contributed by atoms with E-state index < -0.39 is 24.0 Å². The second-order valence-corrected chi connectivity index (χ2v) is 13.3. The Morgan fingerprint density at radius 1 is 0.642 bits per heavy atom. The molecule has 0 saturated heterocycles. The quantitative estimate of drug-likeness (QED) is 0.0918. The van der Waals surface area contributed by atoms with Crippen molar-refractivity contribution in [2.75, 3.05) is 10.6 Å². The molecule has 53 heavy (non-hydrogen) atoms. The van der Waals surface area contributed by atoms with Crippen LogP contribution in [0.25, 0.3) is 22.8 Å². The van der Waals surface area contributed by atoms with Gasteiger partial charge < -0.3 is 29.8 Å². The first kappa shape index (κ1) is 38.0. The van der Waals surface area contributed by atoms with Crippen LogP contribution in [-0.2, 0) is 37.1 Å². The molecular formula is C42H44N4O7. The molecule has 5 aromatic rings. The summed E-state index contributed by atoms with van der Waals surface area (Å²) in [6.45, 7) is 7.74. The van der Waals surface area contributed by atoms with E-state index in [1.54, 1.807) is 54.7 Å². The van der Waals surface area contributed by atoms with Gasteiger partial charge >= 0.3 is 12.1 Å². The van der Waals surface area contributed by atoms with Gasteiger partial charge in [0.05, 0.1) is 18.5 Å². The summed E-state index contributed by atoms with van der Waals surface area (Å²) in [6.07, 6.45) is 0.915. The van der Waals surface area contributed by atoms with Crippen molar-refractivity contribution in [1.82, 2.24) is 10.3 Å². The first-order valence-corrected chi connectivity index (χ1v) is 17.5. The van der Waals surface area contributed by atoms with E-state index in [0.717, 1.165) is 16.7 Å². The first-order valence-electron chi connectivity index (χ1n) is 17.5. The van der Waals surface area contributed by atoms with Crippen LogP contribution >= 0.6 is 0 Å². The molecule has 274 valence electrons. The standard InChI is InChI=1S/C42H44N4O7/c1-27(2)35(23-37(47)51-25-29-11-7-5-8-12-29)39(48)44-33-21-17-32(18-22-33)41-43-24-36(53-41)31-15-19-34(20-16-31)45-40(49)38(28(3)4)46-42(50)52-26-30-13-9-6-10-14-30/h5-22,24,27-28,35,38H,23,25-26H2,1-4H3,(H,44,48)(H,45,49)(H,46,50)/t35-,38-/m0/s1. The number of carbonyl (C=O) groups excluding carboxylic acids is 4. The van der Waals surface area contributed by atoms with Gasteiger partial charge in [0.25, 0.3) is 0 Å². The Bertz CT molecular complexity index is 1820. The van der Waals surface area contributed by atoms with Gasteiger partial charge in [-0.1, -0.05) is 88.4 Å². The Labute approximate surface area is 309 Å². The molecule has 2 atom stereocenters. The highest BCUT2D eigenvalue weighted by atomic mass is 16.5. The van der Waals surface area contributed by atoms with Crippen LogP contribution in [0.1, 0.15) is 45.2 Å². The van der Waals surface area contributed by atoms with Gasteiger partial charge in [0.2, 0.25) is 17.7 Å². The highest BCUT2D eigenvalue weighted by Gasteiger charge is 2.27. The number of nitrogens with zero attached hydrogens (tertiary/aromatic N) is 1. The smallest absolute Gasteiger partial charge is 0.408 e. The normalized spacial score (nSPS) is 12.1. The zero-order chi connectivity index (χ0) is 37.7. The Morgan fingerprint density at radius 2 is 1.17 bits per heavy atom. The number of aromatic nitrogens is 1. The Balaban J connectivity index is 1.13. The lowest BCUT2D eigenvalue weighted by Gasteiger charge is -2.21. The number of benzene rings is 4. The Morgan fingerprint density at radius 3 is 1.72 bits per heavy atom. The minimum Gasteiger partial charge on any atom is -0.461 e. The summed E-state index contributed by atoms with van der Waals surface area (Å²) < 4.78 is 16.7. The fourth-order valence-corrected chi connectivity index (χ4v) is 5.44. The fraction of sp³-hybridized carbons (Fsp3) is 0.262. The largest absolute Gasteiger partial charge is 0.461 e. The molecule has 0 bridgehead atoms. The summed E-state index contributed by atoms with van der Waals surface area (Å²) in [7, 11) is 0. The molecule has 0 radical (unpaired) electrons. The van der Waals surface area contributed by atoms with Crippen LogP contribution in [0.3, 0.4) is 0 Å². The number of oxazole rings is 1. The molecule has 1 heterocycles. The summed E-state index contributed by atoms with van der Waals surface area (Å²) in [6, 6.07) is 32.1. The number of ether oxygens (including phenoxy) is 2. The Hall–Kier alpha value is -6.23. The van der Waals surface area contributed by atoms with E-state index >= 15 is 0 Å². The molecule has 0 fully saturated rings. The first-order chi connectivity index (χ1) is 25.5. The van der Waals surface area contributed by atoms with Gasteiger partial charge in [0.15, 0.2) is 5.76 Å². The number of rotatable bonds is 15. The van der Waals surface area contributed by atoms with Gasteiger partial charge in [-0.3, -0.25) is 14.4 Å². The molecule has 0 saturated carbocycles. The van der Waals surface area contributed by atoms with Crippen LogP contribution in [0.4, 0.5) is 16.2 Å². The molecule has 11 nitrogen and oxygen atoms in total. The van der Waals surface area contributed by atoms with Crippen molar-refractivity contribution >= 4 is 35.3 Å². The predicted octanol–water partition coefficient (Wildman–Crippen LogP) is 8.24. The third kappa shape index (κ3) is 11.1. The molecule has 0 aliphatic heterocycles. The molecule has 4 aromatic carbocycles. The van der Waals surface area contributed by atoms with Gasteiger partial charge in [-0.2, -0.15) is 0 Å². The number of carbonyl (C=O) groups is 4. The van der Waals surface area contributed by atoms with E-state index in [4.69, 9.17) is 13.9 Å². The molecule has 5 rings (SSSR count). The van der Waals surface area contributed by atoms with Gasteiger partial charge in [-0.25, -0.2) is 9.78 Å². The molecule has 11 heteroatoms. The third-order valence-corrected chi connectivity index (χ3v) is 8.55. The maximum atomic E-state index is 13.1. The highest BCUT2D eigenvalue weighted by molar-refractivity contribution is 5.97. The van der Waals surface area contributed by atoms with Crippen LogP contribution in [0, 0.1) is 17.8 Å². The zero-order valence-corrected chi connectivity index (χ0v) is 30.2. The second-order valence-electron chi connectivity index (χ2n) is 13.3. The molecule has 1 aromatic heterocycles. The Kier molecular flexibility index (Phi) is 13.1. The molecule has 0 aliphatic rings. The van der Waals surface area contributed by atoms with Crippen molar-refractivity contribution in [2.45, 2.75) is 53.4 Å². The third-order valence-electron chi connectivity index (χ3n) is 8.55. The second kappa shape index (κ2) is 18.3. The lowest BCUT2D eigenvalue weighted by Crippen LogP contribution is -2.47. The van der Waals surface area contributed by atoms with Crippen LogP contribution < -0.4 is 16.0 Å². The number of hydrogen-bond donors (Lipinski definition) is 3. The zero-order valence-electron chi connectivity index (χ0n) is 30.2. The lowest BCUT2D eigenvalue weighted by molar-refractivity contribution is -0.148. The van der Waals surface area contributed by atoms with E-state index in [0.29, 0.717) is 28.6 Å². The minimum atomic E-state index is -0.805.